The number of hydrogen-bond donors (Lipinski definition) is 1. The van der Waals surface area contributed by atoms with Crippen LogP contribution in [0.3, 0.4) is 0 Å². The SMILES string of the molecule is Clc1ccc(C(NCC2CC3CCC2C3)c2ccco2)s1. The first-order valence-electron chi connectivity index (χ1n) is 7.81. The Morgan fingerprint density at radius 3 is 2.86 bits per heavy atom. The van der Waals surface area contributed by atoms with Gasteiger partial charge in [0, 0.05) is 4.88 Å². The van der Waals surface area contributed by atoms with E-state index in [1.54, 1.807) is 17.6 Å². The Kier molecular flexibility index (Phi) is 3.82. The van der Waals surface area contributed by atoms with E-state index in [4.69, 9.17) is 16.0 Å². The van der Waals surface area contributed by atoms with Crippen molar-refractivity contribution in [1.29, 1.82) is 0 Å². The third kappa shape index (κ3) is 2.79. The van der Waals surface area contributed by atoms with E-state index >= 15 is 0 Å². The number of rotatable bonds is 5. The summed E-state index contributed by atoms with van der Waals surface area (Å²) in [6, 6.07) is 8.21. The van der Waals surface area contributed by atoms with Crippen LogP contribution in [0.4, 0.5) is 0 Å². The molecule has 2 aliphatic rings. The van der Waals surface area contributed by atoms with Crippen LogP contribution >= 0.6 is 22.9 Å². The molecule has 0 aromatic carbocycles. The highest BCUT2D eigenvalue weighted by atomic mass is 35.5. The minimum atomic E-state index is 0.136. The number of hydrogen-bond acceptors (Lipinski definition) is 3. The van der Waals surface area contributed by atoms with Gasteiger partial charge in [-0.3, -0.25) is 0 Å². The lowest BCUT2D eigenvalue weighted by molar-refractivity contribution is 0.306. The van der Waals surface area contributed by atoms with Crippen LogP contribution in [0.2, 0.25) is 4.34 Å². The average molecular weight is 322 g/mol. The van der Waals surface area contributed by atoms with Gasteiger partial charge in [-0.25, -0.2) is 0 Å². The van der Waals surface area contributed by atoms with Crippen LogP contribution in [0, 0.1) is 17.8 Å². The number of thiophene rings is 1. The van der Waals surface area contributed by atoms with E-state index in [2.05, 4.69) is 11.4 Å². The third-order valence-electron chi connectivity index (χ3n) is 5.17. The van der Waals surface area contributed by atoms with Gasteiger partial charge < -0.3 is 9.73 Å². The average Bonchev–Trinajstić information content (AvgIpc) is 3.23. The first-order valence-corrected chi connectivity index (χ1v) is 9.01. The summed E-state index contributed by atoms with van der Waals surface area (Å²) in [4.78, 5) is 1.23. The maximum Gasteiger partial charge on any atom is 0.126 e. The van der Waals surface area contributed by atoms with Crippen LogP contribution in [0.5, 0.6) is 0 Å². The van der Waals surface area contributed by atoms with E-state index in [9.17, 15) is 0 Å². The quantitative estimate of drug-likeness (QED) is 0.827. The number of nitrogens with one attached hydrogen (secondary N) is 1. The standard InChI is InChI=1S/C17H20ClNOS/c18-16-6-5-15(21-16)17(14-2-1-7-20-14)19-10-13-9-11-3-4-12(13)8-11/h1-2,5-7,11-13,17,19H,3-4,8-10H2. The molecule has 0 saturated heterocycles. The number of fused-ring (bicyclic) bond motifs is 2. The summed E-state index contributed by atoms with van der Waals surface area (Å²) >= 11 is 7.74. The molecule has 4 rings (SSSR count). The summed E-state index contributed by atoms with van der Waals surface area (Å²) in [6.45, 7) is 1.09. The highest BCUT2D eigenvalue weighted by Crippen LogP contribution is 2.48. The minimum Gasteiger partial charge on any atom is -0.467 e. The summed E-state index contributed by atoms with van der Waals surface area (Å²) in [5, 5.41) is 3.74. The monoisotopic (exact) mass is 321 g/mol. The van der Waals surface area contributed by atoms with Crippen molar-refractivity contribution in [2.45, 2.75) is 31.7 Å². The maximum absolute atomic E-state index is 6.10. The van der Waals surface area contributed by atoms with Gasteiger partial charge in [-0.1, -0.05) is 18.0 Å². The molecule has 2 nitrogen and oxygen atoms in total. The molecule has 0 aliphatic heterocycles. The smallest absolute Gasteiger partial charge is 0.126 e. The normalized spacial score (nSPS) is 29.1. The Bertz CT molecular complexity index is 594. The van der Waals surface area contributed by atoms with Gasteiger partial charge >= 0.3 is 0 Å². The summed E-state index contributed by atoms with van der Waals surface area (Å²) in [5.74, 6) is 3.78. The summed E-state index contributed by atoms with van der Waals surface area (Å²) in [5.41, 5.74) is 0. The van der Waals surface area contributed by atoms with Crippen molar-refractivity contribution < 1.29 is 4.42 Å². The van der Waals surface area contributed by atoms with Crippen LogP contribution < -0.4 is 5.32 Å². The molecule has 4 heteroatoms. The zero-order chi connectivity index (χ0) is 14.2. The Balaban J connectivity index is 1.48. The molecular formula is C17H20ClNOS. The predicted molar refractivity (Wildman–Crippen MR) is 86.8 cm³/mol. The molecule has 112 valence electrons. The van der Waals surface area contributed by atoms with Crippen molar-refractivity contribution in [2.24, 2.45) is 17.8 Å². The molecular weight excluding hydrogens is 302 g/mol. The van der Waals surface area contributed by atoms with E-state index in [0.29, 0.717) is 0 Å². The summed E-state index contributed by atoms with van der Waals surface area (Å²) in [6.07, 6.45) is 7.52. The molecule has 2 aromatic rings. The molecule has 1 N–H and O–H groups in total. The van der Waals surface area contributed by atoms with Crippen LogP contribution in [0.1, 0.15) is 42.4 Å². The van der Waals surface area contributed by atoms with Gasteiger partial charge in [0.1, 0.15) is 11.8 Å². The van der Waals surface area contributed by atoms with E-state index in [-0.39, 0.29) is 6.04 Å². The second-order valence-electron chi connectivity index (χ2n) is 6.43. The fraction of sp³-hybridized carbons (Fsp3) is 0.529. The first kappa shape index (κ1) is 13.9. The lowest BCUT2D eigenvalue weighted by Crippen LogP contribution is -2.30. The van der Waals surface area contributed by atoms with Gasteiger partial charge in [0.25, 0.3) is 0 Å². The highest BCUT2D eigenvalue weighted by Gasteiger charge is 2.39. The molecule has 4 unspecified atom stereocenters. The molecule has 2 saturated carbocycles. The van der Waals surface area contributed by atoms with Crippen LogP contribution in [-0.2, 0) is 0 Å². The molecule has 2 aliphatic carbocycles. The fourth-order valence-electron chi connectivity index (χ4n) is 4.18. The lowest BCUT2D eigenvalue weighted by atomic mass is 9.88. The van der Waals surface area contributed by atoms with Crippen LogP contribution in [-0.4, -0.2) is 6.54 Å². The minimum absolute atomic E-state index is 0.136. The molecule has 0 spiro atoms. The molecule has 2 aromatic heterocycles. The van der Waals surface area contributed by atoms with Gasteiger partial charge in [-0.15, -0.1) is 11.3 Å². The van der Waals surface area contributed by atoms with E-state index in [1.165, 1.54) is 30.6 Å². The summed E-state index contributed by atoms with van der Waals surface area (Å²) in [7, 11) is 0. The Morgan fingerprint density at radius 2 is 2.24 bits per heavy atom. The van der Waals surface area contributed by atoms with Gasteiger partial charge in [0.2, 0.25) is 0 Å². The van der Waals surface area contributed by atoms with Crippen molar-refractivity contribution in [2.75, 3.05) is 6.54 Å². The Hall–Kier alpha value is -0.770. The van der Waals surface area contributed by atoms with Gasteiger partial charge in [-0.05, 0) is 67.8 Å². The van der Waals surface area contributed by atoms with Gasteiger partial charge in [-0.2, -0.15) is 0 Å². The Labute approximate surface area is 134 Å². The predicted octanol–water partition coefficient (Wildman–Crippen LogP) is 5.11. The first-order chi connectivity index (χ1) is 10.3. The largest absolute Gasteiger partial charge is 0.467 e. The maximum atomic E-state index is 6.10. The van der Waals surface area contributed by atoms with E-state index in [0.717, 1.165) is 34.4 Å². The van der Waals surface area contributed by atoms with Crippen molar-refractivity contribution in [3.05, 3.63) is 45.5 Å². The second-order valence-corrected chi connectivity index (χ2v) is 8.18. The topological polar surface area (TPSA) is 25.2 Å². The van der Waals surface area contributed by atoms with E-state index in [1.807, 2.05) is 18.2 Å². The molecule has 2 bridgehead atoms. The molecule has 2 fully saturated rings. The molecule has 2 heterocycles. The van der Waals surface area contributed by atoms with Crippen molar-refractivity contribution >= 4 is 22.9 Å². The number of halogens is 1. The van der Waals surface area contributed by atoms with Crippen LogP contribution in [0.15, 0.2) is 34.9 Å². The van der Waals surface area contributed by atoms with Gasteiger partial charge in [0.15, 0.2) is 0 Å². The van der Waals surface area contributed by atoms with Crippen molar-refractivity contribution in [3.8, 4) is 0 Å². The zero-order valence-electron chi connectivity index (χ0n) is 11.9. The van der Waals surface area contributed by atoms with Crippen LogP contribution in [0.25, 0.3) is 0 Å². The lowest BCUT2D eigenvalue weighted by Gasteiger charge is -2.24. The molecule has 0 amide bonds. The molecule has 4 atom stereocenters. The second kappa shape index (κ2) is 5.79. The van der Waals surface area contributed by atoms with Gasteiger partial charge in [0.05, 0.1) is 10.6 Å². The third-order valence-corrected chi connectivity index (χ3v) is 6.47. The zero-order valence-corrected chi connectivity index (χ0v) is 13.5. The molecule has 21 heavy (non-hydrogen) atoms. The fourth-order valence-corrected chi connectivity index (χ4v) is 5.32. The van der Waals surface area contributed by atoms with E-state index < -0.39 is 0 Å². The number of furan rings is 1. The van der Waals surface area contributed by atoms with Crippen molar-refractivity contribution in [1.82, 2.24) is 5.32 Å². The summed E-state index contributed by atoms with van der Waals surface area (Å²) < 4.78 is 6.47. The highest BCUT2D eigenvalue weighted by molar-refractivity contribution is 7.16. The van der Waals surface area contributed by atoms with Crippen molar-refractivity contribution in [3.63, 3.8) is 0 Å². The molecule has 0 radical (unpaired) electrons. The Morgan fingerprint density at radius 1 is 1.29 bits per heavy atom.